The van der Waals surface area contributed by atoms with E-state index >= 15 is 0 Å². The minimum atomic E-state index is 1.14. The molecule has 0 saturated heterocycles. The van der Waals surface area contributed by atoms with Gasteiger partial charge in [-0.05, 0) is 94.0 Å². The average molecular weight is 621 g/mol. The van der Waals surface area contributed by atoms with Crippen LogP contribution in [0.4, 0.5) is 17.1 Å². The first kappa shape index (κ1) is 29.1. The van der Waals surface area contributed by atoms with Crippen LogP contribution in [0.5, 0.6) is 0 Å². The normalized spacial score (nSPS) is 11.3. The number of aryl methyl sites for hydroxylation is 1. The minimum Gasteiger partial charge on any atom is -0.311 e. The number of hydrogen-bond donors (Lipinski definition) is 0. The van der Waals surface area contributed by atoms with E-state index in [1.807, 2.05) is 0 Å². The minimum absolute atomic E-state index is 1.14. The number of thiophene rings is 1. The summed E-state index contributed by atoms with van der Waals surface area (Å²) < 4.78 is 1.15. The summed E-state index contributed by atoms with van der Waals surface area (Å²) >= 11 is 5.51. The lowest BCUT2D eigenvalue weighted by atomic mass is 10.0. The number of para-hydroxylation sites is 2. The summed E-state index contributed by atoms with van der Waals surface area (Å²) in [5.41, 5.74) is 8.60. The van der Waals surface area contributed by atoms with Crippen LogP contribution in [0.25, 0.3) is 23.3 Å². The third-order valence-corrected chi connectivity index (χ3v) is 9.03. The van der Waals surface area contributed by atoms with Gasteiger partial charge in [-0.15, -0.1) is 11.3 Å². The molecule has 0 spiro atoms. The largest absolute Gasteiger partial charge is 0.311 e. The molecular weight excluding hydrogens is 582 g/mol. The number of benzene rings is 4. The molecule has 0 fully saturated rings. The Kier molecular flexibility index (Phi) is 10.7. The maximum atomic E-state index is 3.73. The molecule has 1 nitrogen and oxygen atoms in total. The van der Waals surface area contributed by atoms with E-state index in [0.717, 1.165) is 20.8 Å². The Bertz CT molecular complexity index is 1460. The highest BCUT2D eigenvalue weighted by atomic mass is 79.9. The molecule has 5 aromatic rings. The zero-order valence-corrected chi connectivity index (χ0v) is 26.2. The number of rotatable bonds is 13. The second-order valence-corrected chi connectivity index (χ2v) is 12.9. The van der Waals surface area contributed by atoms with E-state index in [2.05, 4.69) is 155 Å². The van der Waals surface area contributed by atoms with E-state index in [4.69, 9.17) is 0 Å². The first-order chi connectivity index (χ1) is 20.2. The van der Waals surface area contributed by atoms with Crippen LogP contribution < -0.4 is 4.90 Å². The zero-order valence-electron chi connectivity index (χ0n) is 23.8. The standard InChI is InChI=1S/C38H38BrNS/c1-2-3-4-5-6-9-14-30-19-24-32(25-20-30)36-29-38(39)41-37(36)28-23-31-21-26-35(27-22-31)40(33-15-10-7-11-16-33)34-17-12-8-13-18-34/h7-8,10-13,15-29H,2-6,9,14H2,1H3. The van der Waals surface area contributed by atoms with Crippen LogP contribution in [-0.2, 0) is 6.42 Å². The van der Waals surface area contributed by atoms with Crippen LogP contribution in [0.2, 0.25) is 0 Å². The second-order valence-electron chi connectivity index (χ2n) is 10.5. The van der Waals surface area contributed by atoms with Crippen LogP contribution in [0.1, 0.15) is 61.5 Å². The van der Waals surface area contributed by atoms with Gasteiger partial charge in [0, 0.05) is 27.5 Å². The number of unbranched alkanes of at least 4 members (excludes halogenated alkanes) is 5. The lowest BCUT2D eigenvalue weighted by molar-refractivity contribution is 0.607. The van der Waals surface area contributed by atoms with Crippen molar-refractivity contribution in [2.75, 3.05) is 4.90 Å². The fourth-order valence-corrected chi connectivity index (χ4v) is 6.75. The number of halogens is 1. The Labute approximate surface area is 258 Å². The van der Waals surface area contributed by atoms with Gasteiger partial charge in [-0.1, -0.05) is 118 Å². The van der Waals surface area contributed by atoms with Crippen molar-refractivity contribution >= 4 is 56.5 Å². The van der Waals surface area contributed by atoms with Crippen LogP contribution in [0, 0.1) is 0 Å². The van der Waals surface area contributed by atoms with Crippen molar-refractivity contribution in [1.82, 2.24) is 0 Å². The van der Waals surface area contributed by atoms with Crippen LogP contribution >= 0.6 is 27.3 Å². The maximum Gasteiger partial charge on any atom is 0.0711 e. The summed E-state index contributed by atoms with van der Waals surface area (Å²) in [5, 5.41) is 0. The van der Waals surface area contributed by atoms with Crippen molar-refractivity contribution in [3.05, 3.63) is 135 Å². The van der Waals surface area contributed by atoms with Crippen LogP contribution in [0.3, 0.4) is 0 Å². The highest BCUT2D eigenvalue weighted by molar-refractivity contribution is 9.11. The van der Waals surface area contributed by atoms with Crippen LogP contribution in [0.15, 0.2) is 119 Å². The first-order valence-corrected chi connectivity index (χ1v) is 16.4. The Balaban J connectivity index is 1.28. The molecule has 3 heteroatoms. The lowest BCUT2D eigenvalue weighted by Gasteiger charge is -2.25. The van der Waals surface area contributed by atoms with E-state index in [1.165, 1.54) is 72.1 Å². The monoisotopic (exact) mass is 619 g/mol. The van der Waals surface area contributed by atoms with Gasteiger partial charge in [0.2, 0.25) is 0 Å². The van der Waals surface area contributed by atoms with Gasteiger partial charge in [0.1, 0.15) is 0 Å². The maximum absolute atomic E-state index is 3.73. The van der Waals surface area contributed by atoms with E-state index in [-0.39, 0.29) is 0 Å². The van der Waals surface area contributed by atoms with E-state index < -0.39 is 0 Å². The lowest BCUT2D eigenvalue weighted by Crippen LogP contribution is -2.09. The highest BCUT2D eigenvalue weighted by Gasteiger charge is 2.12. The summed E-state index contributed by atoms with van der Waals surface area (Å²) in [6.45, 7) is 2.28. The average Bonchev–Trinajstić information content (AvgIpc) is 3.40. The molecule has 1 aromatic heterocycles. The predicted octanol–water partition coefficient (Wildman–Crippen LogP) is 12.7. The van der Waals surface area contributed by atoms with E-state index in [1.54, 1.807) is 11.3 Å². The number of nitrogens with zero attached hydrogens (tertiary/aromatic N) is 1. The molecule has 208 valence electrons. The SMILES string of the molecule is CCCCCCCCc1ccc(-c2cc(Br)sc2C=Cc2ccc(N(c3ccccc3)c3ccccc3)cc2)cc1. The molecule has 0 unspecified atom stereocenters. The third kappa shape index (κ3) is 8.09. The fourth-order valence-electron chi connectivity index (χ4n) is 5.19. The number of anilines is 3. The van der Waals surface area contributed by atoms with Crippen molar-refractivity contribution < 1.29 is 0 Å². The molecular formula is C38H38BrNS. The van der Waals surface area contributed by atoms with Crippen molar-refractivity contribution in [1.29, 1.82) is 0 Å². The smallest absolute Gasteiger partial charge is 0.0711 e. The number of hydrogen-bond acceptors (Lipinski definition) is 2. The van der Waals surface area contributed by atoms with Gasteiger partial charge in [-0.25, -0.2) is 0 Å². The van der Waals surface area contributed by atoms with Gasteiger partial charge in [-0.2, -0.15) is 0 Å². The Hall–Kier alpha value is -3.40. The van der Waals surface area contributed by atoms with E-state index in [9.17, 15) is 0 Å². The Morgan fingerprint density at radius 1 is 0.634 bits per heavy atom. The van der Waals surface area contributed by atoms with Crippen molar-refractivity contribution in [3.63, 3.8) is 0 Å². The Morgan fingerprint density at radius 3 is 1.85 bits per heavy atom. The molecule has 1 heterocycles. The molecule has 0 aliphatic carbocycles. The highest BCUT2D eigenvalue weighted by Crippen LogP contribution is 2.37. The van der Waals surface area contributed by atoms with E-state index in [0.29, 0.717) is 0 Å². The molecule has 4 aromatic carbocycles. The molecule has 0 aliphatic rings. The molecule has 0 amide bonds. The first-order valence-electron chi connectivity index (χ1n) is 14.8. The van der Waals surface area contributed by atoms with Crippen molar-refractivity contribution in [2.45, 2.75) is 51.9 Å². The molecule has 0 atom stereocenters. The molecule has 0 radical (unpaired) electrons. The molecule has 0 bridgehead atoms. The molecule has 0 aliphatic heterocycles. The zero-order chi connectivity index (χ0) is 28.3. The Morgan fingerprint density at radius 2 is 1.22 bits per heavy atom. The quantitative estimate of drug-likeness (QED) is 0.118. The summed E-state index contributed by atoms with van der Waals surface area (Å²) in [7, 11) is 0. The summed E-state index contributed by atoms with van der Waals surface area (Å²) in [4.78, 5) is 3.55. The van der Waals surface area contributed by atoms with Crippen molar-refractivity contribution in [2.24, 2.45) is 0 Å². The van der Waals surface area contributed by atoms with Gasteiger partial charge in [0.05, 0.1) is 3.79 Å². The molecule has 5 rings (SSSR count). The topological polar surface area (TPSA) is 3.24 Å². The summed E-state index contributed by atoms with van der Waals surface area (Å²) in [6.07, 6.45) is 13.7. The van der Waals surface area contributed by atoms with Gasteiger partial charge >= 0.3 is 0 Å². The molecule has 0 saturated carbocycles. The van der Waals surface area contributed by atoms with Crippen molar-refractivity contribution in [3.8, 4) is 11.1 Å². The summed E-state index contributed by atoms with van der Waals surface area (Å²) in [6, 6.07) is 41.3. The predicted molar refractivity (Wildman–Crippen MR) is 185 cm³/mol. The van der Waals surface area contributed by atoms with Gasteiger partial charge in [-0.3, -0.25) is 0 Å². The third-order valence-electron chi connectivity index (χ3n) is 7.42. The molecule has 0 N–H and O–H groups in total. The second kappa shape index (κ2) is 15.0. The molecule has 41 heavy (non-hydrogen) atoms. The van der Waals surface area contributed by atoms with Gasteiger partial charge in [0.15, 0.2) is 0 Å². The van der Waals surface area contributed by atoms with Gasteiger partial charge in [0.25, 0.3) is 0 Å². The fraction of sp³-hybridized carbons (Fsp3) is 0.211. The summed E-state index contributed by atoms with van der Waals surface area (Å²) in [5.74, 6) is 0. The van der Waals surface area contributed by atoms with Gasteiger partial charge < -0.3 is 4.90 Å². The van der Waals surface area contributed by atoms with Crippen LogP contribution in [-0.4, -0.2) is 0 Å².